The summed E-state index contributed by atoms with van der Waals surface area (Å²) < 4.78 is 22.0. The number of methoxy groups -OCH3 is 3. The predicted octanol–water partition coefficient (Wildman–Crippen LogP) is 5.62. The third kappa shape index (κ3) is 5.54. The quantitative estimate of drug-likeness (QED) is 0.250. The van der Waals surface area contributed by atoms with Crippen molar-refractivity contribution >= 4 is 40.1 Å². The molecule has 0 bridgehead atoms. The molecule has 10 nitrogen and oxygen atoms in total. The van der Waals surface area contributed by atoms with Crippen LogP contribution in [0.5, 0.6) is 11.5 Å². The van der Waals surface area contributed by atoms with Gasteiger partial charge in [0.05, 0.1) is 38.5 Å². The van der Waals surface area contributed by atoms with E-state index in [0.717, 1.165) is 39.6 Å². The Labute approximate surface area is 237 Å². The molecule has 4 aromatic rings. The number of aromatic nitrogens is 4. The Morgan fingerprint density at radius 3 is 2.55 bits per heavy atom. The summed E-state index contributed by atoms with van der Waals surface area (Å²) in [6.45, 7) is 2.17. The number of nitrogens with one attached hydrogen (secondary N) is 2. The molecule has 3 heterocycles. The smallest absolute Gasteiger partial charge is 0.230 e. The van der Waals surface area contributed by atoms with E-state index in [0.29, 0.717) is 41.5 Å². The number of rotatable bonds is 9. The number of hydrogen-bond acceptors (Lipinski definition) is 10. The molecule has 1 aliphatic carbocycles. The monoisotopic (exact) mass is 562 g/mol. The van der Waals surface area contributed by atoms with Gasteiger partial charge in [-0.05, 0) is 55.3 Å². The second-order valence-electron chi connectivity index (χ2n) is 9.90. The molecule has 0 amide bonds. The number of H-pyrrole nitrogens is 1. The molecule has 1 saturated carbocycles. The molecule has 1 unspecified atom stereocenters. The topological polar surface area (TPSA) is 107 Å². The number of thioether (sulfide) groups is 1. The van der Waals surface area contributed by atoms with Gasteiger partial charge in [0.2, 0.25) is 5.95 Å². The molecule has 2 aromatic heterocycles. The Morgan fingerprint density at radius 1 is 1.00 bits per heavy atom. The fraction of sp³-hybridized carbons (Fsp3) is 0.414. The number of hydrogen-bond donors (Lipinski definition) is 2. The molecular formula is C29H34N6O4S. The lowest BCUT2D eigenvalue weighted by atomic mass is 10.1. The Kier molecular flexibility index (Phi) is 7.94. The summed E-state index contributed by atoms with van der Waals surface area (Å²) in [4.78, 5) is 12.1. The van der Waals surface area contributed by atoms with Gasteiger partial charge in [-0.15, -0.1) is 11.8 Å². The van der Waals surface area contributed by atoms with E-state index < -0.39 is 0 Å². The van der Waals surface area contributed by atoms with Gasteiger partial charge in [0.15, 0.2) is 23.4 Å². The van der Waals surface area contributed by atoms with Gasteiger partial charge in [-0.1, -0.05) is 12.8 Å². The predicted molar refractivity (Wildman–Crippen MR) is 157 cm³/mol. The van der Waals surface area contributed by atoms with Crippen molar-refractivity contribution in [1.29, 1.82) is 0 Å². The normalized spacial score (nSPS) is 17.9. The Bertz CT molecular complexity index is 1460. The molecule has 2 aromatic carbocycles. The first kappa shape index (κ1) is 26.7. The van der Waals surface area contributed by atoms with Gasteiger partial charge in [-0.3, -0.25) is 5.10 Å². The van der Waals surface area contributed by atoms with Crippen molar-refractivity contribution in [3.8, 4) is 22.8 Å². The maximum absolute atomic E-state index is 5.61. The fourth-order valence-electron chi connectivity index (χ4n) is 5.28. The number of ether oxygens (including phenoxy) is 4. The number of benzene rings is 2. The van der Waals surface area contributed by atoms with Crippen LogP contribution in [0.25, 0.3) is 22.3 Å². The van der Waals surface area contributed by atoms with E-state index in [4.69, 9.17) is 28.9 Å². The zero-order valence-electron chi connectivity index (χ0n) is 23.0. The van der Waals surface area contributed by atoms with E-state index in [-0.39, 0.29) is 6.29 Å². The average molecular weight is 563 g/mol. The summed E-state index contributed by atoms with van der Waals surface area (Å²) in [5.74, 6) is 1.86. The van der Waals surface area contributed by atoms with Gasteiger partial charge >= 0.3 is 0 Å². The second-order valence-corrected chi connectivity index (χ2v) is 11.2. The highest BCUT2D eigenvalue weighted by atomic mass is 32.2. The Hall–Kier alpha value is -3.54. The molecular weight excluding hydrogens is 528 g/mol. The zero-order valence-corrected chi connectivity index (χ0v) is 23.8. The molecule has 0 spiro atoms. The largest absolute Gasteiger partial charge is 0.493 e. The van der Waals surface area contributed by atoms with Crippen LogP contribution in [0.4, 0.5) is 17.3 Å². The van der Waals surface area contributed by atoms with Crippen LogP contribution in [0.15, 0.2) is 47.5 Å². The SMILES string of the molecule is COc1ccc(-c2[nH]nc3nc(Nc4ccc(N5CCOC(OC)C5)cc4)nc(SC4CCCC4)c23)cc1OC. The van der Waals surface area contributed by atoms with Gasteiger partial charge in [-0.2, -0.15) is 10.1 Å². The first-order valence-corrected chi connectivity index (χ1v) is 14.4. The summed E-state index contributed by atoms with van der Waals surface area (Å²) in [7, 11) is 4.95. The highest BCUT2D eigenvalue weighted by Gasteiger charge is 2.24. The number of fused-ring (bicyclic) bond motifs is 1. The highest BCUT2D eigenvalue weighted by Crippen LogP contribution is 2.41. The molecule has 2 fully saturated rings. The van der Waals surface area contributed by atoms with Crippen LogP contribution in [0.3, 0.4) is 0 Å². The molecule has 1 saturated heterocycles. The van der Waals surface area contributed by atoms with Crippen molar-refractivity contribution in [3.05, 3.63) is 42.5 Å². The minimum atomic E-state index is -0.208. The van der Waals surface area contributed by atoms with Gasteiger partial charge in [0.1, 0.15) is 5.03 Å². The second kappa shape index (κ2) is 11.9. The molecule has 1 aliphatic heterocycles. The summed E-state index contributed by atoms with van der Waals surface area (Å²) in [5.41, 5.74) is 4.46. The molecule has 2 aliphatic rings. The van der Waals surface area contributed by atoms with E-state index in [2.05, 4.69) is 32.5 Å². The maximum Gasteiger partial charge on any atom is 0.230 e. The molecule has 1 atom stereocenters. The standard InChI is InChI=1S/C29H34N6O4S/c1-36-22-13-8-18(16-23(22)37-2)26-25-27(34-33-26)31-29(32-28(25)40-21-6-4-5-7-21)30-19-9-11-20(12-10-19)35-14-15-39-24(17-35)38-3/h8-13,16,21,24H,4-7,14-15,17H2,1-3H3,(H2,30,31,32,33,34). The van der Waals surface area contributed by atoms with E-state index in [1.807, 2.05) is 42.1 Å². The minimum absolute atomic E-state index is 0.208. The van der Waals surface area contributed by atoms with Crippen LogP contribution in [0.2, 0.25) is 0 Å². The van der Waals surface area contributed by atoms with Gasteiger partial charge in [0, 0.05) is 35.8 Å². The minimum Gasteiger partial charge on any atom is -0.493 e. The van der Waals surface area contributed by atoms with E-state index in [9.17, 15) is 0 Å². The van der Waals surface area contributed by atoms with Crippen molar-refractivity contribution in [2.45, 2.75) is 42.2 Å². The highest BCUT2D eigenvalue weighted by molar-refractivity contribution is 8.00. The summed E-state index contributed by atoms with van der Waals surface area (Å²) in [6.07, 6.45) is 4.68. The molecule has 11 heteroatoms. The van der Waals surface area contributed by atoms with Crippen molar-refractivity contribution < 1.29 is 18.9 Å². The van der Waals surface area contributed by atoms with Crippen molar-refractivity contribution in [3.63, 3.8) is 0 Å². The Balaban J connectivity index is 1.30. The molecule has 0 radical (unpaired) electrons. The van der Waals surface area contributed by atoms with Crippen molar-refractivity contribution in [1.82, 2.24) is 20.2 Å². The summed E-state index contributed by atoms with van der Waals surface area (Å²) in [6, 6.07) is 14.1. The van der Waals surface area contributed by atoms with Gasteiger partial charge < -0.3 is 29.2 Å². The fourth-order valence-corrected chi connectivity index (χ4v) is 6.61. The zero-order chi connectivity index (χ0) is 27.5. The van der Waals surface area contributed by atoms with Gasteiger partial charge in [0.25, 0.3) is 0 Å². The van der Waals surface area contributed by atoms with Crippen LogP contribution < -0.4 is 19.7 Å². The molecule has 210 valence electrons. The van der Waals surface area contributed by atoms with Crippen LogP contribution in [0, 0.1) is 0 Å². The lowest BCUT2D eigenvalue weighted by molar-refractivity contribution is -0.128. The molecule has 40 heavy (non-hydrogen) atoms. The third-order valence-electron chi connectivity index (χ3n) is 7.42. The van der Waals surface area contributed by atoms with E-state index in [1.54, 1.807) is 21.3 Å². The number of morpholine rings is 1. The number of aromatic amines is 1. The Morgan fingerprint density at radius 2 is 1.80 bits per heavy atom. The van der Waals surface area contributed by atoms with E-state index in [1.165, 1.54) is 25.7 Å². The van der Waals surface area contributed by atoms with E-state index >= 15 is 0 Å². The summed E-state index contributed by atoms with van der Waals surface area (Å²) in [5, 5.41) is 13.6. The lowest BCUT2D eigenvalue weighted by Crippen LogP contribution is -2.43. The first-order chi connectivity index (χ1) is 19.6. The van der Waals surface area contributed by atoms with Crippen molar-refractivity contribution in [2.24, 2.45) is 0 Å². The van der Waals surface area contributed by atoms with Crippen molar-refractivity contribution in [2.75, 3.05) is 51.2 Å². The van der Waals surface area contributed by atoms with Crippen LogP contribution in [-0.4, -0.2) is 72.7 Å². The number of nitrogens with zero attached hydrogens (tertiary/aromatic N) is 4. The average Bonchev–Trinajstić information content (AvgIpc) is 3.67. The third-order valence-corrected chi connectivity index (χ3v) is 8.74. The first-order valence-electron chi connectivity index (χ1n) is 13.6. The van der Waals surface area contributed by atoms with Crippen LogP contribution >= 0.6 is 11.8 Å². The lowest BCUT2D eigenvalue weighted by Gasteiger charge is -2.33. The van der Waals surface area contributed by atoms with Crippen LogP contribution in [0.1, 0.15) is 25.7 Å². The molecule has 2 N–H and O–H groups in total. The number of anilines is 3. The van der Waals surface area contributed by atoms with Gasteiger partial charge in [-0.25, -0.2) is 4.98 Å². The maximum atomic E-state index is 5.61. The molecule has 6 rings (SSSR count). The summed E-state index contributed by atoms with van der Waals surface area (Å²) >= 11 is 1.82. The van der Waals surface area contributed by atoms with Crippen LogP contribution in [-0.2, 0) is 9.47 Å².